The first kappa shape index (κ1) is 13.9. The molecule has 3 N–H and O–H groups in total. The number of anilines is 1. The molecule has 104 valence electrons. The number of carbonyl (C=O) groups excluding carboxylic acids is 1. The predicted octanol–water partition coefficient (Wildman–Crippen LogP) is 2.73. The Morgan fingerprint density at radius 1 is 1.26 bits per heavy atom. The molecule has 1 aromatic rings. The van der Waals surface area contributed by atoms with Crippen molar-refractivity contribution in [2.24, 2.45) is 0 Å². The summed E-state index contributed by atoms with van der Waals surface area (Å²) in [5.41, 5.74) is 3.17. The van der Waals surface area contributed by atoms with E-state index in [9.17, 15) is 9.90 Å². The maximum absolute atomic E-state index is 11.9. The average molecular weight is 262 g/mol. The Morgan fingerprint density at radius 2 is 2.05 bits per heavy atom. The summed E-state index contributed by atoms with van der Waals surface area (Å²) < 4.78 is 0. The minimum Gasteiger partial charge on any atom is -0.393 e. The lowest BCUT2D eigenvalue weighted by Gasteiger charge is -2.26. The number of nitrogens with one attached hydrogen (secondary N) is 2. The number of aryl methyl sites for hydroxylation is 2. The lowest BCUT2D eigenvalue weighted by atomic mass is 9.93. The summed E-state index contributed by atoms with van der Waals surface area (Å²) in [6.07, 6.45) is 3.13. The van der Waals surface area contributed by atoms with Gasteiger partial charge in [0.25, 0.3) is 0 Å². The Balaban J connectivity index is 1.88. The molecule has 0 aromatic heterocycles. The molecule has 1 aromatic carbocycles. The average Bonchev–Trinajstić information content (AvgIpc) is 2.34. The van der Waals surface area contributed by atoms with Crippen LogP contribution in [-0.2, 0) is 0 Å². The van der Waals surface area contributed by atoms with Crippen LogP contribution in [0.3, 0.4) is 0 Å². The Bertz CT molecular complexity index is 459. The third kappa shape index (κ3) is 3.96. The molecule has 0 bridgehead atoms. The lowest BCUT2D eigenvalue weighted by molar-refractivity contribution is 0.114. The van der Waals surface area contributed by atoms with Gasteiger partial charge in [0.15, 0.2) is 0 Å². The summed E-state index contributed by atoms with van der Waals surface area (Å²) in [5, 5.41) is 15.3. The van der Waals surface area contributed by atoms with Crippen molar-refractivity contribution < 1.29 is 9.90 Å². The second-order valence-electron chi connectivity index (χ2n) is 5.41. The van der Waals surface area contributed by atoms with Gasteiger partial charge in [-0.2, -0.15) is 0 Å². The molecule has 1 saturated carbocycles. The molecule has 2 amide bonds. The predicted molar refractivity (Wildman–Crippen MR) is 76.3 cm³/mol. The Hall–Kier alpha value is -1.55. The van der Waals surface area contributed by atoms with E-state index in [4.69, 9.17) is 0 Å². The summed E-state index contributed by atoms with van der Waals surface area (Å²) >= 11 is 0. The van der Waals surface area contributed by atoms with Crippen molar-refractivity contribution in [1.82, 2.24) is 5.32 Å². The fourth-order valence-electron chi connectivity index (χ4n) is 2.47. The SMILES string of the molecule is Cc1ccc(NC(=O)N[C@H]2CCC[C@H](O)C2)cc1C. The van der Waals surface area contributed by atoms with Crippen molar-refractivity contribution in [2.45, 2.75) is 51.7 Å². The summed E-state index contributed by atoms with van der Waals surface area (Å²) in [7, 11) is 0. The van der Waals surface area contributed by atoms with E-state index in [-0.39, 0.29) is 18.2 Å². The van der Waals surface area contributed by atoms with Crippen LogP contribution in [0.15, 0.2) is 18.2 Å². The fraction of sp³-hybridized carbons (Fsp3) is 0.533. The molecule has 0 aliphatic heterocycles. The minimum atomic E-state index is -0.277. The molecule has 4 nitrogen and oxygen atoms in total. The number of aliphatic hydroxyl groups excluding tert-OH is 1. The van der Waals surface area contributed by atoms with Gasteiger partial charge in [0.2, 0.25) is 0 Å². The van der Waals surface area contributed by atoms with Gasteiger partial charge in [0.1, 0.15) is 0 Å². The van der Waals surface area contributed by atoms with E-state index in [0.29, 0.717) is 6.42 Å². The standard InChI is InChI=1S/C15H22N2O2/c1-10-6-7-13(8-11(10)2)17-15(19)16-12-4-3-5-14(18)9-12/h6-8,12,14,18H,3-5,9H2,1-2H3,(H2,16,17,19)/t12-,14-/m0/s1. The van der Waals surface area contributed by atoms with E-state index in [0.717, 1.165) is 30.5 Å². The van der Waals surface area contributed by atoms with Crippen molar-refractivity contribution in [3.05, 3.63) is 29.3 Å². The Kier molecular flexibility index (Phi) is 4.43. The summed E-state index contributed by atoms with van der Waals surface area (Å²) in [4.78, 5) is 11.9. The van der Waals surface area contributed by atoms with Crippen LogP contribution in [0.4, 0.5) is 10.5 Å². The zero-order valence-electron chi connectivity index (χ0n) is 11.6. The smallest absolute Gasteiger partial charge is 0.319 e. The van der Waals surface area contributed by atoms with Gasteiger partial charge in [-0.3, -0.25) is 0 Å². The lowest BCUT2D eigenvalue weighted by Crippen LogP contribution is -2.41. The van der Waals surface area contributed by atoms with E-state index in [1.807, 2.05) is 32.0 Å². The molecular formula is C15H22N2O2. The van der Waals surface area contributed by atoms with E-state index in [1.54, 1.807) is 0 Å². The molecule has 2 atom stereocenters. The number of urea groups is 1. The molecule has 1 aliphatic carbocycles. The first-order valence-electron chi connectivity index (χ1n) is 6.87. The van der Waals surface area contributed by atoms with Crippen LogP contribution in [0.5, 0.6) is 0 Å². The molecule has 4 heteroatoms. The molecule has 0 heterocycles. The number of benzene rings is 1. The molecule has 19 heavy (non-hydrogen) atoms. The highest BCUT2D eigenvalue weighted by molar-refractivity contribution is 5.89. The summed E-state index contributed by atoms with van der Waals surface area (Å²) in [6, 6.07) is 5.75. The normalized spacial score (nSPS) is 22.9. The number of hydrogen-bond donors (Lipinski definition) is 3. The van der Waals surface area contributed by atoms with Gasteiger partial charge in [-0.25, -0.2) is 4.79 Å². The van der Waals surface area contributed by atoms with Crippen LogP contribution in [0.2, 0.25) is 0 Å². The second-order valence-corrected chi connectivity index (χ2v) is 5.41. The van der Waals surface area contributed by atoms with Gasteiger partial charge in [-0.15, -0.1) is 0 Å². The third-order valence-corrected chi connectivity index (χ3v) is 3.75. The molecule has 1 aliphatic rings. The third-order valence-electron chi connectivity index (χ3n) is 3.75. The van der Waals surface area contributed by atoms with Gasteiger partial charge in [0, 0.05) is 11.7 Å². The fourth-order valence-corrected chi connectivity index (χ4v) is 2.47. The van der Waals surface area contributed by atoms with E-state index >= 15 is 0 Å². The van der Waals surface area contributed by atoms with Crippen LogP contribution in [-0.4, -0.2) is 23.3 Å². The molecule has 0 unspecified atom stereocenters. The van der Waals surface area contributed by atoms with Gasteiger partial charge >= 0.3 is 6.03 Å². The topological polar surface area (TPSA) is 61.4 Å². The second kappa shape index (κ2) is 6.06. The van der Waals surface area contributed by atoms with Crippen LogP contribution >= 0.6 is 0 Å². The van der Waals surface area contributed by atoms with Gasteiger partial charge in [-0.1, -0.05) is 6.07 Å². The highest BCUT2D eigenvalue weighted by Crippen LogP contribution is 2.19. The molecule has 1 fully saturated rings. The highest BCUT2D eigenvalue weighted by atomic mass is 16.3. The van der Waals surface area contributed by atoms with Crippen molar-refractivity contribution in [3.63, 3.8) is 0 Å². The number of rotatable bonds is 2. The zero-order chi connectivity index (χ0) is 13.8. The maximum atomic E-state index is 11.9. The number of amides is 2. The maximum Gasteiger partial charge on any atom is 0.319 e. The highest BCUT2D eigenvalue weighted by Gasteiger charge is 2.21. The van der Waals surface area contributed by atoms with Crippen molar-refractivity contribution in [3.8, 4) is 0 Å². The number of aliphatic hydroxyl groups is 1. The number of carbonyl (C=O) groups is 1. The number of hydrogen-bond acceptors (Lipinski definition) is 2. The van der Waals surface area contributed by atoms with Gasteiger partial charge in [0.05, 0.1) is 6.10 Å². The summed E-state index contributed by atoms with van der Waals surface area (Å²) in [6.45, 7) is 4.07. The Morgan fingerprint density at radius 3 is 2.74 bits per heavy atom. The van der Waals surface area contributed by atoms with Crippen molar-refractivity contribution >= 4 is 11.7 Å². The summed E-state index contributed by atoms with van der Waals surface area (Å²) in [5.74, 6) is 0. The quantitative estimate of drug-likeness (QED) is 0.767. The first-order valence-corrected chi connectivity index (χ1v) is 6.87. The molecule has 0 radical (unpaired) electrons. The van der Waals surface area contributed by atoms with Crippen LogP contribution in [0.1, 0.15) is 36.8 Å². The molecule has 0 spiro atoms. The monoisotopic (exact) mass is 262 g/mol. The van der Waals surface area contributed by atoms with Gasteiger partial charge < -0.3 is 15.7 Å². The van der Waals surface area contributed by atoms with Crippen LogP contribution < -0.4 is 10.6 Å². The van der Waals surface area contributed by atoms with Gasteiger partial charge in [-0.05, 0) is 62.8 Å². The Labute approximate surface area is 114 Å². The van der Waals surface area contributed by atoms with Crippen molar-refractivity contribution in [1.29, 1.82) is 0 Å². The molecule has 2 rings (SSSR count). The van der Waals surface area contributed by atoms with Crippen molar-refractivity contribution in [2.75, 3.05) is 5.32 Å². The minimum absolute atomic E-state index is 0.0790. The largest absolute Gasteiger partial charge is 0.393 e. The first-order chi connectivity index (χ1) is 9.04. The van der Waals surface area contributed by atoms with E-state index in [1.165, 1.54) is 5.56 Å². The molecule has 0 saturated heterocycles. The van der Waals surface area contributed by atoms with Crippen LogP contribution in [0.25, 0.3) is 0 Å². The van der Waals surface area contributed by atoms with Crippen LogP contribution in [0, 0.1) is 13.8 Å². The van der Waals surface area contributed by atoms with E-state index in [2.05, 4.69) is 10.6 Å². The zero-order valence-corrected chi connectivity index (χ0v) is 11.6. The van der Waals surface area contributed by atoms with E-state index < -0.39 is 0 Å². The molecular weight excluding hydrogens is 240 g/mol.